The Bertz CT molecular complexity index is 809. The van der Waals surface area contributed by atoms with Gasteiger partial charge in [-0.2, -0.15) is 5.10 Å². The van der Waals surface area contributed by atoms with Crippen molar-refractivity contribution in [2.45, 2.75) is 9.92 Å². The van der Waals surface area contributed by atoms with E-state index in [0.717, 1.165) is 5.56 Å². The summed E-state index contributed by atoms with van der Waals surface area (Å²) in [6.45, 7) is 0. The summed E-state index contributed by atoms with van der Waals surface area (Å²) in [4.78, 5) is 0.251. The minimum absolute atomic E-state index is 0.120. The Hall–Kier alpha value is -2.40. The molecule has 0 fully saturated rings. The Morgan fingerprint density at radius 2 is 1.45 bits per heavy atom. The van der Waals surface area contributed by atoms with E-state index in [1.807, 2.05) is 30.3 Å². The molecule has 4 nitrogen and oxygen atoms in total. The molecule has 0 saturated carbocycles. The minimum Gasteiger partial charge on any atom is -0.267 e. The van der Waals surface area contributed by atoms with Crippen molar-refractivity contribution in [3.8, 4) is 11.1 Å². The predicted octanol–water partition coefficient (Wildman–Crippen LogP) is 2.91. The maximum Gasteiger partial charge on any atom is 0.223 e. The summed E-state index contributed by atoms with van der Waals surface area (Å²) >= 11 is 0. The van der Waals surface area contributed by atoms with Crippen molar-refractivity contribution in [1.82, 2.24) is 10.2 Å². The van der Waals surface area contributed by atoms with Gasteiger partial charge in [-0.05, 0) is 17.7 Å². The van der Waals surface area contributed by atoms with E-state index in [9.17, 15) is 8.42 Å². The number of aromatic nitrogens is 2. The molecule has 0 atom stereocenters. The molecule has 20 heavy (non-hydrogen) atoms. The number of aromatic amines is 1. The summed E-state index contributed by atoms with van der Waals surface area (Å²) in [5.41, 5.74) is 1.39. The first kappa shape index (κ1) is 12.6. The van der Waals surface area contributed by atoms with Crippen LogP contribution in [0.3, 0.4) is 0 Å². The highest BCUT2D eigenvalue weighted by Crippen LogP contribution is 2.29. The maximum atomic E-state index is 12.6. The van der Waals surface area contributed by atoms with Crippen LogP contribution in [0, 0.1) is 0 Å². The summed E-state index contributed by atoms with van der Waals surface area (Å²) in [6.07, 6.45) is 1.53. The number of hydrogen-bond donors (Lipinski definition) is 1. The van der Waals surface area contributed by atoms with E-state index < -0.39 is 9.84 Å². The van der Waals surface area contributed by atoms with Crippen LogP contribution in [0.25, 0.3) is 11.1 Å². The molecule has 1 heterocycles. The largest absolute Gasteiger partial charge is 0.267 e. The van der Waals surface area contributed by atoms with Gasteiger partial charge in [0.05, 0.1) is 11.1 Å². The Morgan fingerprint density at radius 1 is 0.850 bits per heavy atom. The highest BCUT2D eigenvalue weighted by Gasteiger charge is 2.23. The molecule has 0 aliphatic heterocycles. The van der Waals surface area contributed by atoms with Gasteiger partial charge < -0.3 is 0 Å². The molecule has 0 aliphatic carbocycles. The molecule has 1 N–H and O–H groups in total. The van der Waals surface area contributed by atoms with Crippen molar-refractivity contribution >= 4 is 9.84 Å². The lowest BCUT2D eigenvalue weighted by molar-refractivity contribution is 0.592. The topological polar surface area (TPSA) is 62.8 Å². The van der Waals surface area contributed by atoms with Crippen molar-refractivity contribution in [1.29, 1.82) is 0 Å². The van der Waals surface area contributed by atoms with E-state index in [1.165, 1.54) is 6.20 Å². The molecule has 0 aliphatic rings. The third kappa shape index (κ3) is 2.12. The Kier molecular flexibility index (Phi) is 3.12. The van der Waals surface area contributed by atoms with E-state index in [4.69, 9.17) is 0 Å². The standard InChI is InChI=1S/C15H12N2O2S/c18-20(19,13-9-5-2-6-10-13)15-14(11-16-17-15)12-7-3-1-4-8-12/h1-11H,(H,16,17). The van der Waals surface area contributed by atoms with E-state index in [2.05, 4.69) is 10.2 Å². The zero-order chi connectivity index (χ0) is 14.0. The van der Waals surface area contributed by atoms with Crippen LogP contribution in [0.1, 0.15) is 0 Å². The average Bonchev–Trinajstić information content (AvgIpc) is 2.99. The van der Waals surface area contributed by atoms with Gasteiger partial charge in [-0.25, -0.2) is 8.42 Å². The Morgan fingerprint density at radius 3 is 2.10 bits per heavy atom. The normalized spacial score (nSPS) is 11.4. The fourth-order valence-electron chi connectivity index (χ4n) is 2.02. The van der Waals surface area contributed by atoms with Crippen molar-refractivity contribution in [3.05, 3.63) is 66.9 Å². The second-order valence-corrected chi connectivity index (χ2v) is 6.18. The molecule has 2 aromatic carbocycles. The number of sulfone groups is 1. The number of nitrogens with one attached hydrogen (secondary N) is 1. The van der Waals surface area contributed by atoms with Crippen LogP contribution in [-0.4, -0.2) is 18.6 Å². The smallest absolute Gasteiger partial charge is 0.223 e. The molecule has 3 aromatic rings. The van der Waals surface area contributed by atoms with Crippen LogP contribution >= 0.6 is 0 Å². The van der Waals surface area contributed by atoms with Crippen molar-refractivity contribution < 1.29 is 8.42 Å². The molecule has 5 heteroatoms. The van der Waals surface area contributed by atoms with Gasteiger partial charge >= 0.3 is 0 Å². The lowest BCUT2D eigenvalue weighted by Crippen LogP contribution is -2.03. The second-order valence-electron chi connectivity index (χ2n) is 4.30. The first-order valence-corrected chi connectivity index (χ1v) is 7.57. The van der Waals surface area contributed by atoms with Crippen molar-refractivity contribution in [3.63, 3.8) is 0 Å². The average molecular weight is 284 g/mol. The van der Waals surface area contributed by atoms with Crippen LogP contribution < -0.4 is 0 Å². The molecule has 0 unspecified atom stereocenters. The summed E-state index contributed by atoms with van der Waals surface area (Å²) in [7, 11) is -3.59. The first-order chi connectivity index (χ1) is 9.69. The predicted molar refractivity (Wildman–Crippen MR) is 75.9 cm³/mol. The summed E-state index contributed by atoms with van der Waals surface area (Å²) in [5, 5.41) is 6.61. The Balaban J connectivity index is 2.16. The van der Waals surface area contributed by atoms with Crippen molar-refractivity contribution in [2.24, 2.45) is 0 Å². The first-order valence-electron chi connectivity index (χ1n) is 6.08. The molecule has 0 bridgehead atoms. The molecular weight excluding hydrogens is 272 g/mol. The SMILES string of the molecule is O=S(=O)(c1ccccc1)c1[nH]ncc1-c1ccccc1. The number of H-pyrrole nitrogens is 1. The van der Waals surface area contributed by atoms with Gasteiger partial charge in [0.15, 0.2) is 5.03 Å². The quantitative estimate of drug-likeness (QED) is 0.804. The monoisotopic (exact) mass is 284 g/mol. The summed E-state index contributed by atoms with van der Waals surface area (Å²) in [5.74, 6) is 0. The molecule has 1 aromatic heterocycles. The minimum atomic E-state index is -3.59. The number of nitrogens with zero attached hydrogens (tertiary/aromatic N) is 1. The van der Waals surface area contributed by atoms with Gasteiger partial charge in [0, 0.05) is 5.56 Å². The van der Waals surface area contributed by atoms with Gasteiger partial charge in [-0.3, -0.25) is 5.10 Å². The van der Waals surface area contributed by atoms with Gasteiger partial charge in [0.1, 0.15) is 0 Å². The third-order valence-corrected chi connectivity index (χ3v) is 4.75. The molecule has 0 spiro atoms. The molecule has 0 radical (unpaired) electrons. The van der Waals surface area contributed by atoms with Gasteiger partial charge in [-0.15, -0.1) is 0 Å². The maximum absolute atomic E-state index is 12.6. The second kappa shape index (κ2) is 4.94. The fraction of sp³-hybridized carbons (Fsp3) is 0. The highest BCUT2D eigenvalue weighted by molar-refractivity contribution is 7.91. The van der Waals surface area contributed by atoms with E-state index in [0.29, 0.717) is 5.56 Å². The fourth-order valence-corrected chi connectivity index (χ4v) is 3.40. The number of rotatable bonds is 3. The summed E-state index contributed by atoms with van der Waals surface area (Å²) < 4.78 is 25.2. The molecule has 0 amide bonds. The van der Waals surface area contributed by atoms with E-state index >= 15 is 0 Å². The van der Waals surface area contributed by atoms with Gasteiger partial charge in [0.2, 0.25) is 9.84 Å². The van der Waals surface area contributed by atoms with Crippen LogP contribution in [0.2, 0.25) is 0 Å². The van der Waals surface area contributed by atoms with Gasteiger partial charge in [0.25, 0.3) is 0 Å². The van der Waals surface area contributed by atoms with Gasteiger partial charge in [-0.1, -0.05) is 48.5 Å². The Labute approximate surface area is 117 Å². The van der Waals surface area contributed by atoms with Crippen LogP contribution in [0.5, 0.6) is 0 Å². The lowest BCUT2D eigenvalue weighted by atomic mass is 10.1. The molecular formula is C15H12N2O2S. The number of benzene rings is 2. The highest BCUT2D eigenvalue weighted by atomic mass is 32.2. The van der Waals surface area contributed by atoms with Crippen LogP contribution in [0.15, 0.2) is 76.8 Å². The zero-order valence-corrected chi connectivity index (χ0v) is 11.3. The zero-order valence-electron chi connectivity index (χ0n) is 10.5. The summed E-state index contributed by atoms with van der Waals surface area (Å²) in [6, 6.07) is 17.7. The third-order valence-electron chi connectivity index (χ3n) is 3.01. The van der Waals surface area contributed by atoms with Crippen LogP contribution in [-0.2, 0) is 9.84 Å². The molecule has 100 valence electrons. The van der Waals surface area contributed by atoms with Crippen molar-refractivity contribution in [2.75, 3.05) is 0 Å². The van der Waals surface area contributed by atoms with E-state index in [1.54, 1.807) is 30.3 Å². The van der Waals surface area contributed by atoms with E-state index in [-0.39, 0.29) is 9.92 Å². The molecule has 0 saturated heterocycles. The number of hydrogen-bond acceptors (Lipinski definition) is 3. The lowest BCUT2D eigenvalue weighted by Gasteiger charge is -2.05. The molecule has 3 rings (SSSR count). The van der Waals surface area contributed by atoms with Crippen LogP contribution in [0.4, 0.5) is 0 Å².